The minimum atomic E-state index is -3.54. The highest BCUT2D eigenvalue weighted by Gasteiger charge is 2.16. The molecule has 116 valence electrons. The minimum absolute atomic E-state index is 0.140. The van der Waals surface area contributed by atoms with Gasteiger partial charge in [-0.3, -0.25) is 0 Å². The van der Waals surface area contributed by atoms with Gasteiger partial charge in [-0.2, -0.15) is 0 Å². The average Bonchev–Trinajstić information content (AvgIpc) is 3.03. The van der Waals surface area contributed by atoms with Gasteiger partial charge in [0, 0.05) is 24.5 Å². The molecule has 0 aliphatic heterocycles. The summed E-state index contributed by atoms with van der Waals surface area (Å²) in [7, 11) is -3.54. The van der Waals surface area contributed by atoms with Crippen LogP contribution in [0.1, 0.15) is 31.1 Å². The van der Waals surface area contributed by atoms with Crippen LogP contribution >= 0.6 is 0 Å². The van der Waals surface area contributed by atoms with E-state index in [0.717, 1.165) is 11.5 Å². The van der Waals surface area contributed by atoms with Gasteiger partial charge in [0.1, 0.15) is 11.5 Å². The Labute approximate surface area is 125 Å². The Balaban J connectivity index is 1.99. The summed E-state index contributed by atoms with van der Waals surface area (Å²) in [6, 6.07) is 5.53. The Morgan fingerprint density at radius 1 is 1.29 bits per heavy atom. The molecule has 0 spiro atoms. The van der Waals surface area contributed by atoms with Crippen LogP contribution in [0.15, 0.2) is 33.7 Å². The highest BCUT2D eigenvalue weighted by Crippen LogP contribution is 2.12. The second kappa shape index (κ2) is 6.46. The number of sulfonamides is 1. The van der Waals surface area contributed by atoms with Crippen molar-refractivity contribution in [3.63, 3.8) is 0 Å². The highest BCUT2D eigenvalue weighted by atomic mass is 32.2. The summed E-state index contributed by atoms with van der Waals surface area (Å²) < 4.78 is 32.2. The fourth-order valence-corrected chi connectivity index (χ4v) is 2.83. The molecule has 0 bridgehead atoms. The summed E-state index contributed by atoms with van der Waals surface area (Å²) in [6.07, 6.45) is 1.49. The van der Waals surface area contributed by atoms with Crippen molar-refractivity contribution in [2.75, 3.05) is 0 Å². The van der Waals surface area contributed by atoms with Crippen LogP contribution in [0.4, 0.5) is 0 Å². The van der Waals surface area contributed by atoms with Gasteiger partial charge in [0.2, 0.25) is 10.0 Å². The summed E-state index contributed by atoms with van der Waals surface area (Å²) in [6.45, 7) is 6.63. The second-order valence-electron chi connectivity index (χ2n) is 5.23. The number of hydrogen-bond donors (Lipinski definition) is 3. The average molecular weight is 311 g/mol. The molecule has 0 aromatic carbocycles. The molecule has 0 aliphatic carbocycles. The summed E-state index contributed by atoms with van der Waals surface area (Å²) in [5.74, 6) is 1.35. The molecule has 0 fully saturated rings. The fourth-order valence-electron chi connectivity index (χ4n) is 1.82. The van der Waals surface area contributed by atoms with E-state index in [1.807, 2.05) is 20.8 Å². The van der Waals surface area contributed by atoms with E-state index in [2.05, 4.69) is 15.0 Å². The van der Waals surface area contributed by atoms with Gasteiger partial charge in [-0.1, -0.05) is 13.8 Å². The largest absolute Gasteiger partial charge is 0.465 e. The van der Waals surface area contributed by atoms with E-state index >= 15 is 0 Å². The van der Waals surface area contributed by atoms with Crippen molar-refractivity contribution in [1.82, 2.24) is 15.0 Å². The molecule has 7 heteroatoms. The minimum Gasteiger partial charge on any atom is -0.465 e. The van der Waals surface area contributed by atoms with Gasteiger partial charge in [0.15, 0.2) is 0 Å². The first-order valence-electron chi connectivity index (χ1n) is 6.82. The lowest BCUT2D eigenvalue weighted by Crippen LogP contribution is -2.23. The molecule has 0 radical (unpaired) electrons. The van der Waals surface area contributed by atoms with E-state index in [0.29, 0.717) is 18.3 Å². The third-order valence-electron chi connectivity index (χ3n) is 2.96. The molecule has 0 amide bonds. The van der Waals surface area contributed by atoms with Crippen molar-refractivity contribution >= 4 is 10.0 Å². The summed E-state index contributed by atoms with van der Waals surface area (Å²) >= 11 is 0. The lowest BCUT2D eigenvalue weighted by molar-refractivity contribution is 0.475. The van der Waals surface area contributed by atoms with Crippen molar-refractivity contribution in [2.24, 2.45) is 0 Å². The number of nitrogens with one attached hydrogen (secondary N) is 3. The molecule has 3 N–H and O–H groups in total. The Morgan fingerprint density at radius 3 is 2.67 bits per heavy atom. The van der Waals surface area contributed by atoms with Gasteiger partial charge in [0.25, 0.3) is 0 Å². The predicted octanol–water partition coefficient (Wildman–Crippen LogP) is 1.89. The SMILES string of the molecule is Cc1ccc(CNS(=O)(=O)c2c[nH]c(CNC(C)C)c2)o1. The molecule has 21 heavy (non-hydrogen) atoms. The van der Waals surface area contributed by atoms with Crippen LogP contribution in [-0.2, 0) is 23.1 Å². The summed E-state index contributed by atoms with van der Waals surface area (Å²) in [5.41, 5.74) is 0.831. The van der Waals surface area contributed by atoms with Crippen LogP contribution in [0.25, 0.3) is 0 Å². The molecule has 6 nitrogen and oxygen atoms in total. The van der Waals surface area contributed by atoms with Crippen LogP contribution in [-0.4, -0.2) is 19.4 Å². The molecule has 0 saturated carbocycles. The monoisotopic (exact) mass is 311 g/mol. The molecule has 0 unspecified atom stereocenters. The molecule has 2 aromatic heterocycles. The van der Waals surface area contributed by atoms with Crippen LogP contribution in [0.3, 0.4) is 0 Å². The van der Waals surface area contributed by atoms with Crippen molar-refractivity contribution in [2.45, 2.75) is 44.8 Å². The van der Waals surface area contributed by atoms with Gasteiger partial charge < -0.3 is 14.7 Å². The molecule has 0 saturated heterocycles. The summed E-state index contributed by atoms with van der Waals surface area (Å²) in [4.78, 5) is 3.19. The lowest BCUT2D eigenvalue weighted by Gasteiger charge is -2.05. The number of furan rings is 1. The first-order valence-corrected chi connectivity index (χ1v) is 8.31. The molecule has 2 heterocycles. The normalized spacial score (nSPS) is 12.2. The molecule has 2 aromatic rings. The predicted molar refractivity (Wildman–Crippen MR) is 80.2 cm³/mol. The number of H-pyrrole nitrogens is 1. The van der Waals surface area contributed by atoms with E-state index < -0.39 is 10.0 Å². The van der Waals surface area contributed by atoms with E-state index in [1.165, 1.54) is 6.20 Å². The first kappa shape index (κ1) is 15.8. The van der Waals surface area contributed by atoms with Gasteiger partial charge >= 0.3 is 0 Å². The molecule has 0 aliphatic rings. The van der Waals surface area contributed by atoms with Gasteiger partial charge in [-0.05, 0) is 25.1 Å². The second-order valence-corrected chi connectivity index (χ2v) is 7.00. The zero-order valence-electron chi connectivity index (χ0n) is 12.4. The molecule has 0 atom stereocenters. The van der Waals surface area contributed by atoms with Crippen molar-refractivity contribution < 1.29 is 12.8 Å². The van der Waals surface area contributed by atoms with E-state index in [1.54, 1.807) is 18.2 Å². The van der Waals surface area contributed by atoms with Crippen LogP contribution in [0, 0.1) is 6.92 Å². The zero-order chi connectivity index (χ0) is 15.5. The number of hydrogen-bond acceptors (Lipinski definition) is 4. The Morgan fingerprint density at radius 2 is 2.05 bits per heavy atom. The zero-order valence-corrected chi connectivity index (χ0v) is 13.3. The van der Waals surface area contributed by atoms with Crippen LogP contribution < -0.4 is 10.0 Å². The number of aromatic amines is 1. The van der Waals surface area contributed by atoms with Gasteiger partial charge in [-0.15, -0.1) is 0 Å². The Hall–Kier alpha value is -1.57. The Bertz CT molecular complexity index is 686. The van der Waals surface area contributed by atoms with Crippen LogP contribution in [0.2, 0.25) is 0 Å². The van der Waals surface area contributed by atoms with Crippen LogP contribution in [0.5, 0.6) is 0 Å². The third-order valence-corrected chi connectivity index (χ3v) is 4.34. The quantitative estimate of drug-likeness (QED) is 0.729. The molecular weight excluding hydrogens is 290 g/mol. The maximum absolute atomic E-state index is 12.2. The standard InChI is InChI=1S/C14H21N3O3S/c1-10(2)15-7-12-6-14(9-16-12)21(18,19)17-8-13-5-4-11(3)20-13/h4-6,9-10,15-17H,7-8H2,1-3H3. The fraction of sp³-hybridized carbons (Fsp3) is 0.429. The Kier molecular flexibility index (Phi) is 4.87. The van der Waals surface area contributed by atoms with Crippen molar-refractivity contribution in [1.29, 1.82) is 0 Å². The lowest BCUT2D eigenvalue weighted by atomic mass is 10.3. The van der Waals surface area contributed by atoms with Gasteiger partial charge in [-0.25, -0.2) is 13.1 Å². The molecular formula is C14H21N3O3S. The number of aryl methyl sites for hydroxylation is 1. The summed E-state index contributed by atoms with van der Waals surface area (Å²) in [5, 5.41) is 3.23. The first-order chi connectivity index (χ1) is 9.87. The highest BCUT2D eigenvalue weighted by molar-refractivity contribution is 7.89. The van der Waals surface area contributed by atoms with Crippen molar-refractivity contribution in [3.8, 4) is 0 Å². The van der Waals surface area contributed by atoms with Gasteiger partial charge in [0.05, 0.1) is 11.4 Å². The third kappa shape index (κ3) is 4.45. The number of rotatable bonds is 7. The van der Waals surface area contributed by atoms with E-state index in [4.69, 9.17) is 4.42 Å². The maximum Gasteiger partial charge on any atom is 0.242 e. The number of aromatic nitrogens is 1. The van der Waals surface area contributed by atoms with E-state index in [9.17, 15) is 8.42 Å². The smallest absolute Gasteiger partial charge is 0.242 e. The van der Waals surface area contributed by atoms with E-state index in [-0.39, 0.29) is 11.4 Å². The molecule has 2 rings (SSSR count). The topological polar surface area (TPSA) is 87.1 Å². The van der Waals surface area contributed by atoms with Crippen molar-refractivity contribution in [3.05, 3.63) is 41.6 Å². The maximum atomic E-state index is 12.2.